The third kappa shape index (κ3) is 3.89. The summed E-state index contributed by atoms with van der Waals surface area (Å²) in [5.74, 6) is -1.97. The second-order valence-electron chi connectivity index (χ2n) is 7.58. The van der Waals surface area contributed by atoms with Crippen molar-refractivity contribution < 1.29 is 31.1 Å². The first-order valence-corrected chi connectivity index (χ1v) is 9.84. The number of aromatic nitrogens is 3. The molecular weight excluding hydrogens is 444 g/mol. The van der Waals surface area contributed by atoms with Gasteiger partial charge in [0.05, 0.1) is 31.1 Å². The monoisotopic (exact) mass is 463 g/mol. The van der Waals surface area contributed by atoms with Gasteiger partial charge in [-0.05, 0) is 25.5 Å². The molecule has 2 atom stereocenters. The SMILES string of the molecule is C[C@@H]1COCCN1c1nc2n(c(=O)c1F)CCC(C(F)(F)F)N2c1ccc(C(F)F)nc1. The van der Waals surface area contributed by atoms with Gasteiger partial charge in [-0.3, -0.25) is 19.2 Å². The molecule has 174 valence electrons. The molecule has 7 nitrogen and oxygen atoms in total. The highest BCUT2D eigenvalue weighted by molar-refractivity contribution is 5.61. The minimum atomic E-state index is -4.73. The molecule has 4 rings (SSSR count). The van der Waals surface area contributed by atoms with Crippen LogP contribution < -0.4 is 15.4 Å². The van der Waals surface area contributed by atoms with E-state index >= 15 is 0 Å². The molecule has 0 N–H and O–H groups in total. The lowest BCUT2D eigenvalue weighted by Crippen LogP contribution is -2.51. The van der Waals surface area contributed by atoms with Crippen LogP contribution in [0.4, 0.5) is 43.8 Å². The maximum Gasteiger partial charge on any atom is 0.409 e. The maximum atomic E-state index is 14.9. The molecule has 0 spiro atoms. The van der Waals surface area contributed by atoms with Gasteiger partial charge in [0.15, 0.2) is 5.82 Å². The molecule has 0 aromatic carbocycles. The van der Waals surface area contributed by atoms with Crippen molar-refractivity contribution in [1.82, 2.24) is 14.5 Å². The standard InChI is InChI=1S/C19H19F6N5O2/c1-10-9-32-7-6-28(10)16-14(20)17(31)29-5-4-13(19(23,24)25)30(18(29)27-16)11-2-3-12(15(21)22)26-8-11/h2-3,8,10,13,15H,4-7,9H2,1H3/t10-,13?/m1/s1. The first-order chi connectivity index (χ1) is 15.1. The third-order valence-electron chi connectivity index (χ3n) is 5.52. The van der Waals surface area contributed by atoms with E-state index in [2.05, 4.69) is 9.97 Å². The van der Waals surface area contributed by atoms with Gasteiger partial charge >= 0.3 is 6.18 Å². The van der Waals surface area contributed by atoms with E-state index in [-0.39, 0.29) is 37.3 Å². The lowest BCUT2D eigenvalue weighted by Gasteiger charge is -2.40. The molecule has 2 aliphatic rings. The Balaban J connectivity index is 1.88. The zero-order valence-electron chi connectivity index (χ0n) is 16.8. The second-order valence-corrected chi connectivity index (χ2v) is 7.58. The maximum absolute atomic E-state index is 14.9. The summed E-state index contributed by atoms with van der Waals surface area (Å²) in [4.78, 5) is 22.6. The van der Waals surface area contributed by atoms with E-state index in [1.807, 2.05) is 0 Å². The summed E-state index contributed by atoms with van der Waals surface area (Å²) in [5.41, 5.74) is -1.90. The van der Waals surface area contributed by atoms with Crippen LogP contribution in [-0.2, 0) is 11.3 Å². The Kier molecular flexibility index (Phi) is 5.77. The van der Waals surface area contributed by atoms with Gasteiger partial charge in [0.2, 0.25) is 11.8 Å². The third-order valence-corrected chi connectivity index (χ3v) is 5.52. The van der Waals surface area contributed by atoms with Crippen molar-refractivity contribution in [3.05, 3.63) is 40.2 Å². The van der Waals surface area contributed by atoms with Crippen LogP contribution in [0.3, 0.4) is 0 Å². The summed E-state index contributed by atoms with van der Waals surface area (Å²) in [6.07, 6.45) is -7.32. The van der Waals surface area contributed by atoms with Crippen LogP contribution in [0.15, 0.2) is 23.1 Å². The van der Waals surface area contributed by atoms with Crippen molar-refractivity contribution in [3.8, 4) is 0 Å². The normalized spacial score (nSPS) is 21.8. The molecule has 0 amide bonds. The van der Waals surface area contributed by atoms with E-state index in [0.717, 1.165) is 22.9 Å². The van der Waals surface area contributed by atoms with Gasteiger partial charge in [0, 0.05) is 13.1 Å². The number of hydrogen-bond acceptors (Lipinski definition) is 6. The van der Waals surface area contributed by atoms with Crippen LogP contribution in [0.25, 0.3) is 0 Å². The Hall–Kier alpha value is -2.83. The molecular formula is C19H19F6N5O2. The van der Waals surface area contributed by atoms with E-state index in [1.54, 1.807) is 6.92 Å². The summed E-state index contributed by atoms with van der Waals surface area (Å²) in [5, 5.41) is 0. The van der Waals surface area contributed by atoms with E-state index in [4.69, 9.17) is 4.74 Å². The summed E-state index contributed by atoms with van der Waals surface area (Å²) in [7, 11) is 0. The topological polar surface area (TPSA) is 63.5 Å². The van der Waals surface area contributed by atoms with Crippen LogP contribution >= 0.6 is 0 Å². The van der Waals surface area contributed by atoms with Crippen LogP contribution in [0.1, 0.15) is 25.5 Å². The quantitative estimate of drug-likeness (QED) is 0.651. The molecule has 1 saturated heterocycles. The van der Waals surface area contributed by atoms with Gasteiger partial charge < -0.3 is 9.64 Å². The second kappa shape index (κ2) is 8.26. The number of halogens is 6. The molecule has 0 radical (unpaired) electrons. The summed E-state index contributed by atoms with van der Waals surface area (Å²) in [6.45, 7) is 1.97. The lowest BCUT2D eigenvalue weighted by atomic mass is 10.1. The van der Waals surface area contributed by atoms with Crippen LogP contribution in [0.5, 0.6) is 0 Å². The number of nitrogens with zero attached hydrogens (tertiary/aromatic N) is 5. The molecule has 13 heteroatoms. The van der Waals surface area contributed by atoms with Crippen LogP contribution in [0.2, 0.25) is 0 Å². The first kappa shape index (κ1) is 22.4. The fourth-order valence-corrected chi connectivity index (χ4v) is 3.92. The van der Waals surface area contributed by atoms with Crippen molar-refractivity contribution >= 4 is 17.5 Å². The predicted molar refractivity (Wildman–Crippen MR) is 102 cm³/mol. The number of anilines is 3. The molecule has 32 heavy (non-hydrogen) atoms. The predicted octanol–water partition coefficient (Wildman–Crippen LogP) is 3.41. The van der Waals surface area contributed by atoms with Crippen molar-refractivity contribution in [2.45, 2.75) is 44.6 Å². The summed E-state index contributed by atoms with van der Waals surface area (Å²) >= 11 is 0. The smallest absolute Gasteiger partial charge is 0.377 e. The van der Waals surface area contributed by atoms with Gasteiger partial charge in [-0.15, -0.1) is 0 Å². The molecule has 0 bridgehead atoms. The highest BCUT2D eigenvalue weighted by Crippen LogP contribution is 2.39. The number of fused-ring (bicyclic) bond motifs is 1. The van der Waals surface area contributed by atoms with Gasteiger partial charge in [-0.1, -0.05) is 0 Å². The largest absolute Gasteiger partial charge is 0.409 e. The minimum Gasteiger partial charge on any atom is -0.377 e. The van der Waals surface area contributed by atoms with Gasteiger partial charge in [-0.2, -0.15) is 22.5 Å². The average Bonchev–Trinajstić information content (AvgIpc) is 2.75. The van der Waals surface area contributed by atoms with E-state index in [9.17, 15) is 31.1 Å². The number of hydrogen-bond donors (Lipinski definition) is 0. The molecule has 2 aromatic rings. The first-order valence-electron chi connectivity index (χ1n) is 9.84. The minimum absolute atomic E-state index is 0.190. The molecule has 1 unspecified atom stereocenters. The Morgan fingerprint density at radius 1 is 1.22 bits per heavy atom. The Bertz CT molecular complexity index is 1040. The Morgan fingerprint density at radius 3 is 2.56 bits per heavy atom. The molecule has 4 heterocycles. The molecule has 0 aliphatic carbocycles. The number of pyridine rings is 1. The number of morpholine rings is 1. The van der Waals surface area contributed by atoms with Crippen molar-refractivity contribution in [2.24, 2.45) is 0 Å². The number of ether oxygens (including phenoxy) is 1. The number of alkyl halides is 5. The van der Waals surface area contributed by atoms with Gasteiger partial charge in [0.25, 0.3) is 12.0 Å². The van der Waals surface area contributed by atoms with Crippen molar-refractivity contribution in [3.63, 3.8) is 0 Å². The molecule has 2 aliphatic heterocycles. The lowest BCUT2D eigenvalue weighted by molar-refractivity contribution is -0.150. The van der Waals surface area contributed by atoms with Crippen LogP contribution in [0, 0.1) is 5.82 Å². The van der Waals surface area contributed by atoms with E-state index in [1.165, 1.54) is 4.90 Å². The van der Waals surface area contributed by atoms with E-state index < -0.39 is 54.6 Å². The highest BCUT2D eigenvalue weighted by Gasteiger charge is 2.48. The Labute approximate surface area is 178 Å². The number of rotatable bonds is 3. The molecule has 0 saturated carbocycles. The van der Waals surface area contributed by atoms with Crippen molar-refractivity contribution in [2.75, 3.05) is 29.6 Å². The van der Waals surface area contributed by atoms with Gasteiger partial charge in [0.1, 0.15) is 11.7 Å². The van der Waals surface area contributed by atoms with Gasteiger partial charge in [-0.25, -0.2) is 8.78 Å². The molecule has 1 fully saturated rings. The zero-order chi connectivity index (χ0) is 23.2. The summed E-state index contributed by atoms with van der Waals surface area (Å²) < 4.78 is 88.4. The fourth-order valence-electron chi connectivity index (χ4n) is 3.92. The van der Waals surface area contributed by atoms with Crippen molar-refractivity contribution in [1.29, 1.82) is 0 Å². The average molecular weight is 463 g/mol. The highest BCUT2D eigenvalue weighted by atomic mass is 19.4. The zero-order valence-corrected chi connectivity index (χ0v) is 16.8. The van der Waals surface area contributed by atoms with Crippen LogP contribution in [-0.4, -0.2) is 52.6 Å². The van der Waals surface area contributed by atoms with E-state index in [0.29, 0.717) is 4.90 Å². The summed E-state index contributed by atoms with van der Waals surface area (Å²) in [6, 6.07) is -0.515. The Morgan fingerprint density at radius 2 is 1.97 bits per heavy atom. The molecule has 2 aromatic heterocycles. The fraction of sp³-hybridized carbons (Fsp3) is 0.526.